The maximum atomic E-state index is 14.9. The Hall–Kier alpha value is -6.31. The number of urea groups is 2. The standard InChI is InChI=1S/C22H18F4N4O3.C21H21F2N3O3/c23-15-2-1-3-16(7-15)30(21(31)29-9-22(10-29)11-32-12-22)8-14-5-4-13(6-17(14)24)19-27-28-20(33-19)18(25)26;22-16-2-1-3-17(7-16)26(20(28)25-10-21(11-25)12-29-13-21)9-15-5-4-14(6-18(15)23)19(27)8-24/h1-7,18H,8-12H2;1-7H,8-13,24H2. The largest absolute Gasteiger partial charge is 0.415 e. The van der Waals surface area contributed by atoms with E-state index in [9.17, 15) is 40.7 Å². The van der Waals surface area contributed by atoms with Crippen molar-refractivity contribution >= 4 is 29.2 Å². The van der Waals surface area contributed by atoms with Crippen molar-refractivity contribution in [2.45, 2.75) is 19.5 Å². The van der Waals surface area contributed by atoms with Gasteiger partial charge < -0.3 is 29.4 Å². The molecular weight excluding hydrogens is 825 g/mol. The van der Waals surface area contributed by atoms with Crippen LogP contribution in [0.1, 0.15) is 33.8 Å². The molecule has 0 bridgehead atoms. The summed E-state index contributed by atoms with van der Waals surface area (Å²) in [5.41, 5.74) is 6.61. The number of hydrogen-bond acceptors (Lipinski definition) is 9. The molecule has 4 aliphatic heterocycles. The van der Waals surface area contributed by atoms with Gasteiger partial charge in [-0.25, -0.2) is 27.2 Å². The first-order valence-electron chi connectivity index (χ1n) is 19.5. The molecule has 0 aliphatic carbocycles. The Morgan fingerprint density at radius 1 is 0.677 bits per heavy atom. The molecule has 13 nitrogen and oxygen atoms in total. The van der Waals surface area contributed by atoms with E-state index >= 15 is 0 Å². The van der Waals surface area contributed by atoms with Gasteiger partial charge in [0.25, 0.3) is 5.89 Å². The number of alkyl halides is 2. The van der Waals surface area contributed by atoms with Crippen LogP contribution in [0.25, 0.3) is 11.5 Å². The second kappa shape index (κ2) is 17.2. The number of halogens is 6. The van der Waals surface area contributed by atoms with Crippen LogP contribution in [0.3, 0.4) is 0 Å². The summed E-state index contributed by atoms with van der Waals surface area (Å²) in [4.78, 5) is 43.9. The van der Waals surface area contributed by atoms with Crippen molar-refractivity contribution in [3.63, 3.8) is 0 Å². The third kappa shape index (κ3) is 8.73. The lowest BCUT2D eigenvalue weighted by Gasteiger charge is -2.55. The lowest BCUT2D eigenvalue weighted by molar-refractivity contribution is -0.174. The summed E-state index contributed by atoms with van der Waals surface area (Å²) in [5, 5.41) is 6.74. The van der Waals surface area contributed by atoms with E-state index in [0.29, 0.717) is 58.3 Å². The summed E-state index contributed by atoms with van der Waals surface area (Å²) in [5.74, 6) is -3.82. The van der Waals surface area contributed by atoms with Crippen LogP contribution < -0.4 is 15.5 Å². The molecule has 2 N–H and O–H groups in total. The summed E-state index contributed by atoms with van der Waals surface area (Å²) in [6, 6.07) is 18.4. The molecule has 4 aromatic carbocycles. The number of Topliss-reactive ketones (excluding diaryl/α,β-unsaturated/α-hetero) is 1. The summed E-state index contributed by atoms with van der Waals surface area (Å²) in [7, 11) is 0. The maximum Gasteiger partial charge on any atom is 0.324 e. The van der Waals surface area contributed by atoms with E-state index in [0.717, 1.165) is 12.1 Å². The van der Waals surface area contributed by atoms with Crippen molar-refractivity contribution in [1.82, 2.24) is 20.0 Å². The monoisotopic (exact) mass is 863 g/mol. The molecule has 4 saturated heterocycles. The Kier molecular flexibility index (Phi) is 11.8. The number of carbonyl (C=O) groups is 3. The predicted octanol–water partition coefficient (Wildman–Crippen LogP) is 6.98. The van der Waals surface area contributed by atoms with Gasteiger partial charge in [-0.3, -0.25) is 14.6 Å². The molecule has 2 spiro atoms. The van der Waals surface area contributed by atoms with E-state index in [-0.39, 0.29) is 82.1 Å². The van der Waals surface area contributed by atoms with Crippen molar-refractivity contribution < 1.29 is 54.6 Å². The summed E-state index contributed by atoms with van der Waals surface area (Å²) in [6.45, 7) is 4.12. The van der Waals surface area contributed by atoms with Crippen LogP contribution >= 0.6 is 0 Å². The molecule has 19 heteroatoms. The van der Waals surface area contributed by atoms with E-state index in [1.54, 1.807) is 21.9 Å². The van der Waals surface area contributed by atoms with E-state index in [4.69, 9.17) is 19.6 Å². The molecule has 1 aromatic heterocycles. The Morgan fingerprint density at radius 2 is 1.18 bits per heavy atom. The molecule has 9 rings (SSSR count). The van der Waals surface area contributed by atoms with Crippen LogP contribution in [0.15, 0.2) is 89.3 Å². The molecule has 4 aliphatic rings. The fourth-order valence-electron chi connectivity index (χ4n) is 7.67. The number of rotatable bonds is 10. The number of nitrogens with zero attached hydrogens (tertiary/aromatic N) is 6. The number of hydrogen-bond donors (Lipinski definition) is 1. The fourth-order valence-corrected chi connectivity index (χ4v) is 7.67. The predicted molar refractivity (Wildman–Crippen MR) is 210 cm³/mol. The second-order valence-electron chi connectivity index (χ2n) is 15.9. The molecular formula is C43H39F6N7O6. The third-order valence-corrected chi connectivity index (χ3v) is 11.1. The number of nitrogens with two attached hydrogens (primary N) is 1. The molecule has 324 valence electrons. The van der Waals surface area contributed by atoms with Gasteiger partial charge in [0.05, 0.1) is 56.9 Å². The second-order valence-corrected chi connectivity index (χ2v) is 15.9. The third-order valence-electron chi connectivity index (χ3n) is 11.1. The van der Waals surface area contributed by atoms with Gasteiger partial charge in [-0.15, -0.1) is 10.2 Å². The highest BCUT2D eigenvalue weighted by atomic mass is 19.3. The van der Waals surface area contributed by atoms with Crippen LogP contribution in [-0.4, -0.2) is 97.0 Å². The first-order valence-corrected chi connectivity index (χ1v) is 19.5. The Labute approximate surface area is 350 Å². The van der Waals surface area contributed by atoms with Crippen LogP contribution in [0.4, 0.5) is 47.3 Å². The zero-order valence-corrected chi connectivity index (χ0v) is 32.9. The van der Waals surface area contributed by atoms with Gasteiger partial charge in [0.1, 0.15) is 23.3 Å². The normalized spacial score (nSPS) is 16.7. The lowest BCUT2D eigenvalue weighted by atomic mass is 9.78. The molecule has 5 heterocycles. The van der Waals surface area contributed by atoms with E-state index in [2.05, 4.69) is 10.2 Å². The SMILES string of the molecule is NCC(=O)c1ccc(CN(C(=O)N2CC3(COC3)C2)c2cccc(F)c2)c(F)c1.O=C(N1CC2(COC2)C1)N(Cc1ccc(-c2nnc(C(F)F)o2)cc1F)c1cccc(F)c1. The van der Waals surface area contributed by atoms with Crippen molar-refractivity contribution in [3.05, 3.63) is 131 Å². The zero-order valence-electron chi connectivity index (χ0n) is 32.9. The van der Waals surface area contributed by atoms with Crippen molar-refractivity contribution in [2.24, 2.45) is 16.6 Å². The van der Waals surface area contributed by atoms with Crippen molar-refractivity contribution in [3.8, 4) is 11.5 Å². The van der Waals surface area contributed by atoms with Gasteiger partial charge in [-0.05, 0) is 54.6 Å². The number of amides is 4. The molecule has 0 radical (unpaired) electrons. The summed E-state index contributed by atoms with van der Waals surface area (Å²) < 4.78 is 97.9. The van der Waals surface area contributed by atoms with Crippen LogP contribution in [-0.2, 0) is 22.6 Å². The van der Waals surface area contributed by atoms with E-state index < -0.39 is 35.6 Å². The number of anilines is 2. The van der Waals surface area contributed by atoms with Gasteiger partial charge in [-0.1, -0.05) is 30.3 Å². The van der Waals surface area contributed by atoms with Crippen LogP contribution in [0, 0.1) is 34.1 Å². The molecule has 0 saturated carbocycles. The highest BCUT2D eigenvalue weighted by molar-refractivity contribution is 5.97. The number of carbonyl (C=O) groups excluding carboxylic acids is 3. The average Bonchev–Trinajstić information content (AvgIpc) is 3.69. The van der Waals surface area contributed by atoms with Gasteiger partial charge >= 0.3 is 18.5 Å². The van der Waals surface area contributed by atoms with Crippen molar-refractivity contribution in [1.29, 1.82) is 0 Å². The Morgan fingerprint density at radius 3 is 1.58 bits per heavy atom. The highest BCUT2D eigenvalue weighted by Gasteiger charge is 2.52. The van der Waals surface area contributed by atoms with E-state index in [1.807, 2.05) is 0 Å². The number of ketones is 1. The lowest BCUT2D eigenvalue weighted by Crippen LogP contribution is -2.68. The fraction of sp³-hybridized carbons (Fsp3) is 0.326. The quantitative estimate of drug-likeness (QED) is 0.116. The zero-order chi connectivity index (χ0) is 43.8. The minimum absolute atomic E-state index is 0.0165. The number of ether oxygens (including phenoxy) is 2. The first kappa shape index (κ1) is 42.4. The number of benzene rings is 4. The van der Waals surface area contributed by atoms with Gasteiger partial charge in [0, 0.05) is 59.8 Å². The first-order chi connectivity index (χ1) is 29.7. The minimum Gasteiger partial charge on any atom is -0.415 e. The molecule has 4 amide bonds. The highest BCUT2D eigenvalue weighted by Crippen LogP contribution is 2.40. The summed E-state index contributed by atoms with van der Waals surface area (Å²) in [6.07, 6.45) is -2.94. The number of aromatic nitrogens is 2. The number of likely N-dealkylation sites (tertiary alicyclic amines) is 2. The average molecular weight is 864 g/mol. The van der Waals surface area contributed by atoms with Crippen LogP contribution in [0.2, 0.25) is 0 Å². The topological polar surface area (TPSA) is 148 Å². The minimum atomic E-state index is -2.94. The summed E-state index contributed by atoms with van der Waals surface area (Å²) >= 11 is 0. The maximum absolute atomic E-state index is 14.9. The molecule has 0 atom stereocenters. The van der Waals surface area contributed by atoms with E-state index in [1.165, 1.54) is 70.5 Å². The van der Waals surface area contributed by atoms with Crippen molar-refractivity contribution in [2.75, 3.05) is 69.0 Å². The molecule has 0 unspecified atom stereocenters. The Bertz CT molecular complexity index is 2480. The van der Waals surface area contributed by atoms with Crippen LogP contribution in [0.5, 0.6) is 0 Å². The van der Waals surface area contributed by atoms with Gasteiger partial charge in [0.2, 0.25) is 5.89 Å². The van der Waals surface area contributed by atoms with Gasteiger partial charge in [-0.2, -0.15) is 8.78 Å². The smallest absolute Gasteiger partial charge is 0.324 e. The van der Waals surface area contributed by atoms with Gasteiger partial charge in [0.15, 0.2) is 5.78 Å². The molecule has 62 heavy (non-hydrogen) atoms. The molecule has 4 fully saturated rings. The Balaban J connectivity index is 0.000000172. The molecule has 5 aromatic rings.